The summed E-state index contributed by atoms with van der Waals surface area (Å²) in [6.07, 6.45) is 6.24. The van der Waals surface area contributed by atoms with Gasteiger partial charge in [0.05, 0.1) is 5.57 Å². The molecule has 0 aromatic carbocycles. The van der Waals surface area contributed by atoms with Crippen LogP contribution in [0.25, 0.3) is 0 Å². The van der Waals surface area contributed by atoms with Gasteiger partial charge in [-0.1, -0.05) is 38.7 Å². The van der Waals surface area contributed by atoms with E-state index < -0.39 is 5.97 Å². The van der Waals surface area contributed by atoms with Crippen molar-refractivity contribution in [3.63, 3.8) is 0 Å². The molecule has 0 atom stereocenters. The lowest BCUT2D eigenvalue weighted by molar-refractivity contribution is -0.132. The molecule has 0 aromatic heterocycles. The summed E-state index contributed by atoms with van der Waals surface area (Å²) < 4.78 is 0. The maximum absolute atomic E-state index is 10.7. The van der Waals surface area contributed by atoms with Gasteiger partial charge in [0.15, 0.2) is 0 Å². The number of aliphatic carboxylic acids is 1. The first-order valence-corrected chi connectivity index (χ1v) is 4.15. The van der Waals surface area contributed by atoms with E-state index >= 15 is 0 Å². The highest BCUT2D eigenvalue weighted by Gasteiger charge is 2.13. The summed E-state index contributed by atoms with van der Waals surface area (Å²) in [5, 5.41) is 8.76. The summed E-state index contributed by atoms with van der Waals surface area (Å²) in [5.41, 5.74) is 2.16. The summed E-state index contributed by atoms with van der Waals surface area (Å²) >= 11 is 0. The average Bonchev–Trinajstić information content (AvgIpc) is 2.10. The molecule has 0 aliphatic carbocycles. The second-order valence-corrected chi connectivity index (χ2v) is 3.43. The van der Waals surface area contributed by atoms with Crippen molar-refractivity contribution < 1.29 is 9.90 Å². The number of nitrogens with two attached hydrogens (primary N) is 1. The van der Waals surface area contributed by atoms with Gasteiger partial charge >= 0.3 is 5.97 Å². The van der Waals surface area contributed by atoms with E-state index in [9.17, 15) is 4.79 Å². The number of nitrogens with one attached hydrogen (secondary N) is 1. The van der Waals surface area contributed by atoms with Crippen LogP contribution < -0.4 is 11.3 Å². The lowest BCUT2D eigenvalue weighted by Gasteiger charge is -2.15. The zero-order chi connectivity index (χ0) is 11.2. The molecule has 4 heteroatoms. The van der Waals surface area contributed by atoms with Crippen LogP contribution in [0.2, 0.25) is 0 Å². The molecule has 0 aliphatic heterocycles. The number of hydrazine groups is 1. The molecule has 0 spiro atoms. The molecule has 0 saturated heterocycles. The van der Waals surface area contributed by atoms with Gasteiger partial charge in [-0.25, -0.2) is 4.79 Å². The highest BCUT2D eigenvalue weighted by molar-refractivity contribution is 5.89. The predicted molar refractivity (Wildman–Crippen MR) is 56.2 cm³/mol. The number of hydrogen-bond acceptors (Lipinski definition) is 3. The van der Waals surface area contributed by atoms with Crippen LogP contribution in [0.4, 0.5) is 0 Å². The molecule has 0 bridgehead atoms. The fourth-order valence-electron chi connectivity index (χ4n) is 0.920. The van der Waals surface area contributed by atoms with Crippen LogP contribution in [0, 0.1) is 5.41 Å². The molecule has 0 rings (SSSR count). The predicted octanol–water partition coefficient (Wildman–Crippen LogP) is 1.19. The Morgan fingerprint density at radius 1 is 1.57 bits per heavy atom. The van der Waals surface area contributed by atoms with E-state index in [1.807, 2.05) is 13.8 Å². The number of hydrogen-bond donors (Lipinski definition) is 3. The smallest absolute Gasteiger partial charge is 0.335 e. The Morgan fingerprint density at radius 3 is 2.50 bits per heavy atom. The van der Waals surface area contributed by atoms with E-state index in [1.165, 1.54) is 6.08 Å². The highest BCUT2D eigenvalue weighted by atomic mass is 16.4. The molecule has 0 aliphatic rings. The normalized spacial score (nSPS) is 12.9. The van der Waals surface area contributed by atoms with Crippen molar-refractivity contribution in [2.45, 2.75) is 13.8 Å². The van der Waals surface area contributed by atoms with Gasteiger partial charge in [-0.2, -0.15) is 0 Å². The van der Waals surface area contributed by atoms with E-state index in [0.29, 0.717) is 0 Å². The fourth-order valence-corrected chi connectivity index (χ4v) is 0.920. The van der Waals surface area contributed by atoms with Gasteiger partial charge in [-0.15, -0.1) is 0 Å². The first-order chi connectivity index (χ1) is 6.43. The Balaban J connectivity index is 4.82. The number of allylic oxidation sites excluding steroid dienone is 2. The zero-order valence-electron chi connectivity index (χ0n) is 8.45. The third-order valence-electron chi connectivity index (χ3n) is 1.60. The quantitative estimate of drug-likeness (QED) is 0.267. The Labute approximate surface area is 83.8 Å². The Hall–Kier alpha value is -1.55. The molecule has 4 nitrogen and oxygen atoms in total. The molecular weight excluding hydrogens is 180 g/mol. The van der Waals surface area contributed by atoms with Crippen LogP contribution in [-0.4, -0.2) is 11.1 Å². The van der Waals surface area contributed by atoms with Crippen LogP contribution in [0.1, 0.15) is 13.8 Å². The number of carboxylic acids is 1. The minimum atomic E-state index is -0.984. The first-order valence-electron chi connectivity index (χ1n) is 4.15. The standard InChI is InChI=1S/C10H16N2O2/c1-4-8(9(13)14)7-10(2,3)5-6-12-11/h4-7,12H,1,11H2,2-3H3,(H,13,14). The van der Waals surface area contributed by atoms with Gasteiger partial charge in [0.1, 0.15) is 0 Å². The zero-order valence-corrected chi connectivity index (χ0v) is 8.45. The SMILES string of the molecule is C=CC(=CC(C)(C)C=CNN)C(=O)O. The van der Waals surface area contributed by atoms with Gasteiger partial charge in [0, 0.05) is 11.6 Å². The van der Waals surface area contributed by atoms with Crippen LogP contribution in [0.15, 0.2) is 36.6 Å². The van der Waals surface area contributed by atoms with Crippen molar-refractivity contribution in [3.8, 4) is 0 Å². The molecule has 0 heterocycles. The Morgan fingerprint density at radius 2 is 2.14 bits per heavy atom. The van der Waals surface area contributed by atoms with Crippen molar-refractivity contribution in [2.24, 2.45) is 11.3 Å². The highest BCUT2D eigenvalue weighted by Crippen LogP contribution is 2.21. The first kappa shape index (κ1) is 12.4. The van der Waals surface area contributed by atoms with Gasteiger partial charge in [-0.3, -0.25) is 5.84 Å². The molecule has 0 fully saturated rings. The van der Waals surface area contributed by atoms with E-state index in [0.717, 1.165) is 0 Å². The molecule has 78 valence electrons. The van der Waals surface area contributed by atoms with Gasteiger partial charge in [-0.05, 0) is 0 Å². The topological polar surface area (TPSA) is 75.3 Å². The largest absolute Gasteiger partial charge is 0.478 e. The molecular formula is C10H16N2O2. The number of carboxylic acid groups (broad SMARTS) is 1. The maximum Gasteiger partial charge on any atom is 0.335 e. The summed E-state index contributed by atoms with van der Waals surface area (Å²) in [7, 11) is 0. The fraction of sp³-hybridized carbons (Fsp3) is 0.300. The Kier molecular flexibility index (Phi) is 4.66. The minimum absolute atomic E-state index is 0.177. The van der Waals surface area contributed by atoms with Crippen molar-refractivity contribution in [1.29, 1.82) is 0 Å². The number of rotatable bonds is 5. The van der Waals surface area contributed by atoms with Gasteiger partial charge in [0.25, 0.3) is 0 Å². The molecule has 0 amide bonds. The van der Waals surface area contributed by atoms with Crippen molar-refractivity contribution in [1.82, 2.24) is 5.43 Å². The molecule has 4 N–H and O–H groups in total. The maximum atomic E-state index is 10.7. The molecule has 14 heavy (non-hydrogen) atoms. The second-order valence-electron chi connectivity index (χ2n) is 3.43. The molecule has 0 aromatic rings. The third-order valence-corrected chi connectivity index (χ3v) is 1.60. The number of carbonyl (C=O) groups is 1. The van der Waals surface area contributed by atoms with Gasteiger partial charge in [0.2, 0.25) is 0 Å². The molecule has 0 unspecified atom stereocenters. The van der Waals surface area contributed by atoms with Crippen LogP contribution in [0.5, 0.6) is 0 Å². The second kappa shape index (κ2) is 5.24. The van der Waals surface area contributed by atoms with E-state index in [1.54, 1.807) is 18.4 Å². The van der Waals surface area contributed by atoms with Gasteiger partial charge < -0.3 is 10.5 Å². The minimum Gasteiger partial charge on any atom is -0.478 e. The summed E-state index contributed by atoms with van der Waals surface area (Å²) in [4.78, 5) is 10.7. The van der Waals surface area contributed by atoms with Crippen LogP contribution in [0.3, 0.4) is 0 Å². The lowest BCUT2D eigenvalue weighted by atomic mass is 9.90. The third kappa shape index (κ3) is 4.47. The van der Waals surface area contributed by atoms with Crippen LogP contribution >= 0.6 is 0 Å². The van der Waals surface area contributed by atoms with Crippen molar-refractivity contribution in [3.05, 3.63) is 36.6 Å². The van der Waals surface area contributed by atoms with Crippen molar-refractivity contribution in [2.75, 3.05) is 0 Å². The summed E-state index contributed by atoms with van der Waals surface area (Å²) in [6, 6.07) is 0. The average molecular weight is 196 g/mol. The van der Waals surface area contributed by atoms with E-state index in [2.05, 4.69) is 12.0 Å². The van der Waals surface area contributed by atoms with Crippen LogP contribution in [-0.2, 0) is 4.79 Å². The Bertz CT molecular complexity index is 278. The monoisotopic (exact) mass is 196 g/mol. The van der Waals surface area contributed by atoms with E-state index in [4.69, 9.17) is 10.9 Å². The lowest BCUT2D eigenvalue weighted by Crippen LogP contribution is -2.15. The van der Waals surface area contributed by atoms with Crippen molar-refractivity contribution >= 4 is 5.97 Å². The summed E-state index contributed by atoms with van der Waals surface area (Å²) in [6.45, 7) is 7.17. The summed E-state index contributed by atoms with van der Waals surface area (Å²) in [5.74, 6) is 4.08. The molecule has 0 radical (unpaired) electrons. The van der Waals surface area contributed by atoms with E-state index in [-0.39, 0.29) is 11.0 Å². The molecule has 0 saturated carbocycles.